The van der Waals surface area contributed by atoms with E-state index in [2.05, 4.69) is 57.2 Å². The molecule has 0 aliphatic rings. The number of hydrogen-bond donors (Lipinski definition) is 4. The lowest BCUT2D eigenvalue weighted by molar-refractivity contribution is -0.114. The van der Waals surface area contributed by atoms with Gasteiger partial charge in [-0.25, -0.2) is 0 Å². The Bertz CT molecular complexity index is 1670. The Balaban J connectivity index is 2.21. The second kappa shape index (κ2) is 14.2. The van der Waals surface area contributed by atoms with Crippen molar-refractivity contribution in [1.29, 1.82) is 5.26 Å². The van der Waals surface area contributed by atoms with E-state index in [0.717, 1.165) is 18.8 Å². The zero-order valence-electron chi connectivity index (χ0n) is 25.9. The van der Waals surface area contributed by atoms with Crippen molar-refractivity contribution in [2.45, 2.75) is 53.9 Å². The van der Waals surface area contributed by atoms with E-state index in [1.807, 2.05) is 53.7 Å². The number of benzene rings is 1. The van der Waals surface area contributed by atoms with Gasteiger partial charge >= 0.3 is 0 Å². The molecule has 0 saturated carbocycles. The molecule has 0 spiro atoms. The third-order valence-electron chi connectivity index (χ3n) is 6.15. The first-order chi connectivity index (χ1) is 20.7. The molecule has 0 atom stereocenters. The molecule has 0 bridgehead atoms. The first kappa shape index (κ1) is 33.8. The molecule has 236 valence electrons. The van der Waals surface area contributed by atoms with Gasteiger partial charge in [0.15, 0.2) is 5.82 Å². The van der Waals surface area contributed by atoms with Crippen LogP contribution in [0.3, 0.4) is 0 Å². The molecular formula is C27H38N12O4S. The van der Waals surface area contributed by atoms with Crippen LogP contribution in [0.4, 0.5) is 34.8 Å². The second-order valence-corrected chi connectivity index (χ2v) is 12.2. The van der Waals surface area contributed by atoms with Crippen LogP contribution in [-0.2, 0) is 20.3 Å². The molecule has 1 aromatic carbocycles. The fourth-order valence-electron chi connectivity index (χ4n) is 4.12. The molecule has 3 rings (SSSR count). The van der Waals surface area contributed by atoms with Crippen LogP contribution in [0, 0.1) is 11.3 Å². The van der Waals surface area contributed by atoms with E-state index in [1.54, 1.807) is 6.07 Å². The normalized spacial score (nSPS) is 11.8. The molecule has 0 fully saturated rings. The molecule has 2 heterocycles. The van der Waals surface area contributed by atoms with Crippen LogP contribution in [0.2, 0.25) is 0 Å². The van der Waals surface area contributed by atoms with Gasteiger partial charge < -0.3 is 20.9 Å². The summed E-state index contributed by atoms with van der Waals surface area (Å²) in [5.41, 5.74) is 1.66. The Labute approximate surface area is 256 Å². The number of nitriles is 1. The molecule has 0 unspecified atom stereocenters. The predicted octanol–water partition coefficient (Wildman–Crippen LogP) is 4.18. The SMILES string of the molecule is CCNc1nc(NCCS(=O)(=O)O)nc(-n2nc(C(C)(C)C)c(C#N)c2N=Nc2ccc(N(CC)CC)cc2NC(C)=O)n1. The highest BCUT2D eigenvalue weighted by molar-refractivity contribution is 7.85. The number of hydrogen-bond acceptors (Lipinski definition) is 13. The minimum Gasteiger partial charge on any atom is -0.372 e. The van der Waals surface area contributed by atoms with Crippen molar-refractivity contribution < 1.29 is 17.8 Å². The monoisotopic (exact) mass is 626 g/mol. The van der Waals surface area contributed by atoms with Gasteiger partial charge in [-0.15, -0.1) is 10.2 Å². The average Bonchev–Trinajstić information content (AvgIpc) is 3.32. The summed E-state index contributed by atoms with van der Waals surface area (Å²) in [7, 11) is -4.22. The number of anilines is 4. The number of carbonyl (C=O) groups excluding carboxylic acids is 1. The van der Waals surface area contributed by atoms with Crippen molar-refractivity contribution in [2.75, 3.05) is 52.8 Å². The van der Waals surface area contributed by atoms with Crippen molar-refractivity contribution in [3.63, 3.8) is 0 Å². The molecule has 0 saturated heterocycles. The van der Waals surface area contributed by atoms with Gasteiger partial charge in [-0.3, -0.25) is 9.35 Å². The third-order valence-corrected chi connectivity index (χ3v) is 6.87. The van der Waals surface area contributed by atoms with Gasteiger partial charge in [0.2, 0.25) is 17.8 Å². The molecule has 0 aliphatic heterocycles. The maximum absolute atomic E-state index is 12.0. The molecule has 4 N–H and O–H groups in total. The second-order valence-electron chi connectivity index (χ2n) is 10.6. The smallest absolute Gasteiger partial charge is 0.266 e. The van der Waals surface area contributed by atoms with E-state index in [1.165, 1.54) is 11.6 Å². The van der Waals surface area contributed by atoms with E-state index >= 15 is 0 Å². The summed E-state index contributed by atoms with van der Waals surface area (Å²) < 4.78 is 32.8. The minimum absolute atomic E-state index is 0.00346. The van der Waals surface area contributed by atoms with Crippen LogP contribution in [0.1, 0.15) is 59.7 Å². The summed E-state index contributed by atoms with van der Waals surface area (Å²) in [5.74, 6) is -0.681. The lowest BCUT2D eigenvalue weighted by atomic mass is 9.90. The maximum Gasteiger partial charge on any atom is 0.266 e. The van der Waals surface area contributed by atoms with Crippen LogP contribution in [0.15, 0.2) is 28.4 Å². The molecule has 2 aromatic heterocycles. The first-order valence-corrected chi connectivity index (χ1v) is 15.6. The highest BCUT2D eigenvalue weighted by Gasteiger charge is 2.29. The number of nitrogens with zero attached hydrogens (tertiary/aromatic N) is 9. The van der Waals surface area contributed by atoms with Crippen LogP contribution < -0.4 is 20.9 Å². The quantitative estimate of drug-likeness (QED) is 0.155. The van der Waals surface area contributed by atoms with E-state index in [4.69, 9.17) is 4.55 Å². The number of nitrogens with one attached hydrogen (secondary N) is 3. The van der Waals surface area contributed by atoms with Gasteiger partial charge in [0.1, 0.15) is 17.3 Å². The zero-order chi connectivity index (χ0) is 32.7. The van der Waals surface area contributed by atoms with Gasteiger partial charge in [-0.1, -0.05) is 20.8 Å². The van der Waals surface area contributed by atoms with Gasteiger partial charge in [0.25, 0.3) is 16.1 Å². The lowest BCUT2D eigenvalue weighted by Gasteiger charge is -2.22. The molecule has 44 heavy (non-hydrogen) atoms. The predicted molar refractivity (Wildman–Crippen MR) is 168 cm³/mol. The summed E-state index contributed by atoms with van der Waals surface area (Å²) in [6.45, 7) is 14.8. The summed E-state index contributed by atoms with van der Waals surface area (Å²) in [6, 6.07) is 7.58. The number of azo groups is 1. The van der Waals surface area contributed by atoms with Crippen molar-refractivity contribution in [2.24, 2.45) is 10.2 Å². The van der Waals surface area contributed by atoms with Crippen molar-refractivity contribution >= 4 is 50.8 Å². The van der Waals surface area contributed by atoms with Crippen molar-refractivity contribution in [3.05, 3.63) is 29.5 Å². The zero-order valence-corrected chi connectivity index (χ0v) is 26.7. The molecule has 1 amide bonds. The van der Waals surface area contributed by atoms with Crippen molar-refractivity contribution in [3.8, 4) is 12.0 Å². The van der Waals surface area contributed by atoms with Gasteiger partial charge in [0, 0.05) is 44.2 Å². The Morgan fingerprint density at radius 2 is 1.75 bits per heavy atom. The van der Waals surface area contributed by atoms with E-state index in [-0.39, 0.29) is 41.7 Å². The minimum atomic E-state index is -4.22. The van der Waals surface area contributed by atoms with E-state index < -0.39 is 21.3 Å². The van der Waals surface area contributed by atoms with Crippen LogP contribution in [0.25, 0.3) is 5.95 Å². The lowest BCUT2D eigenvalue weighted by Crippen LogP contribution is -2.21. The van der Waals surface area contributed by atoms with Crippen LogP contribution in [0.5, 0.6) is 0 Å². The van der Waals surface area contributed by atoms with Gasteiger partial charge in [-0.05, 0) is 39.0 Å². The number of amides is 1. The number of aromatic nitrogens is 5. The molecule has 0 aliphatic carbocycles. The molecule has 0 radical (unpaired) electrons. The van der Waals surface area contributed by atoms with Gasteiger partial charge in [-0.2, -0.15) is 38.4 Å². The number of rotatable bonds is 13. The summed E-state index contributed by atoms with van der Waals surface area (Å²) >= 11 is 0. The Kier molecular flexibility index (Phi) is 10.9. The summed E-state index contributed by atoms with van der Waals surface area (Å²) in [6.07, 6.45) is 0. The van der Waals surface area contributed by atoms with Crippen LogP contribution in [-0.4, -0.2) is 75.5 Å². The molecule has 3 aromatic rings. The Morgan fingerprint density at radius 1 is 1.09 bits per heavy atom. The molecule has 17 heteroatoms. The first-order valence-electron chi connectivity index (χ1n) is 14.0. The fourth-order valence-corrected chi connectivity index (χ4v) is 4.48. The van der Waals surface area contributed by atoms with E-state index in [0.29, 0.717) is 23.6 Å². The Hall–Kier alpha value is -4.69. The average molecular weight is 627 g/mol. The van der Waals surface area contributed by atoms with Gasteiger partial charge in [0.05, 0.1) is 17.1 Å². The standard InChI is InChI=1S/C27H38N12O4S/c1-8-29-24-32-25(30-13-14-44(41,42)43)34-26(33-24)39-23(19(16-28)22(37-39)27(5,6)7)36-35-20-12-11-18(38(9-2)10-3)15-21(20)31-17(4)40/h11-12,15H,8-10,13-14H2,1-7H3,(H,31,40)(H,41,42,43)(H2,29,30,32,33,34). The highest BCUT2D eigenvalue weighted by atomic mass is 32.2. The summed E-state index contributed by atoms with van der Waals surface area (Å²) in [5, 5.41) is 32.2. The summed E-state index contributed by atoms with van der Waals surface area (Å²) in [4.78, 5) is 27.2. The Morgan fingerprint density at radius 3 is 2.30 bits per heavy atom. The largest absolute Gasteiger partial charge is 0.372 e. The molecule has 16 nitrogen and oxygen atoms in total. The van der Waals surface area contributed by atoms with E-state index in [9.17, 15) is 18.5 Å². The highest BCUT2D eigenvalue weighted by Crippen LogP contribution is 2.36. The third kappa shape index (κ3) is 8.67. The van der Waals surface area contributed by atoms with Crippen LogP contribution >= 0.6 is 0 Å². The number of carbonyl (C=O) groups is 1. The maximum atomic E-state index is 12.0. The van der Waals surface area contributed by atoms with Crippen molar-refractivity contribution in [1.82, 2.24) is 24.7 Å². The fraction of sp³-hybridized carbons (Fsp3) is 0.481. The topological polar surface area (TPSA) is 216 Å². The molecular weight excluding hydrogens is 588 g/mol.